The standard InChI is InChI=1S/C17H29N5O/c1-13(22-7-9-23-10-8-22)12-19-17-11-16(20-14(2)21-17)15-3-5-18-6-4-15/h11,13,15,18H,3-10,12H2,1-2H3,(H,19,20,21)/t13-/m0/s1. The second kappa shape index (κ2) is 8.04. The molecule has 0 aromatic carbocycles. The van der Waals surface area contributed by atoms with Crippen molar-refractivity contribution in [2.75, 3.05) is 51.3 Å². The van der Waals surface area contributed by atoms with Gasteiger partial charge < -0.3 is 15.4 Å². The summed E-state index contributed by atoms with van der Waals surface area (Å²) in [5.41, 5.74) is 1.19. The van der Waals surface area contributed by atoms with Crippen molar-refractivity contribution in [2.24, 2.45) is 0 Å². The number of ether oxygens (including phenoxy) is 1. The predicted octanol–water partition coefficient (Wildman–Crippen LogP) is 1.38. The molecule has 3 rings (SSSR count). The Morgan fingerprint density at radius 1 is 1.30 bits per heavy atom. The van der Waals surface area contributed by atoms with Crippen LogP contribution in [0.25, 0.3) is 0 Å². The lowest BCUT2D eigenvalue weighted by atomic mass is 9.94. The van der Waals surface area contributed by atoms with Crippen molar-refractivity contribution in [3.05, 3.63) is 17.6 Å². The Labute approximate surface area is 139 Å². The van der Waals surface area contributed by atoms with Gasteiger partial charge in [-0.15, -0.1) is 0 Å². The number of anilines is 1. The molecule has 1 aromatic rings. The highest BCUT2D eigenvalue weighted by Crippen LogP contribution is 2.25. The van der Waals surface area contributed by atoms with Crippen molar-refractivity contribution in [3.8, 4) is 0 Å². The number of hydrogen-bond donors (Lipinski definition) is 2. The summed E-state index contributed by atoms with van der Waals surface area (Å²) in [6, 6.07) is 2.63. The molecule has 6 heteroatoms. The Bertz CT molecular complexity index is 498. The molecule has 0 amide bonds. The molecule has 0 bridgehead atoms. The van der Waals surface area contributed by atoms with Gasteiger partial charge in [0.15, 0.2) is 0 Å². The molecule has 0 radical (unpaired) electrons. The van der Waals surface area contributed by atoms with Crippen molar-refractivity contribution < 1.29 is 4.74 Å². The minimum absolute atomic E-state index is 0.483. The van der Waals surface area contributed by atoms with Gasteiger partial charge in [-0.05, 0) is 39.8 Å². The molecule has 0 saturated carbocycles. The molecule has 2 N–H and O–H groups in total. The van der Waals surface area contributed by atoms with Crippen molar-refractivity contribution in [3.63, 3.8) is 0 Å². The maximum atomic E-state index is 5.42. The van der Waals surface area contributed by atoms with E-state index in [4.69, 9.17) is 4.74 Å². The fraction of sp³-hybridized carbons (Fsp3) is 0.765. The largest absolute Gasteiger partial charge is 0.379 e. The molecule has 0 spiro atoms. The Balaban J connectivity index is 1.59. The topological polar surface area (TPSA) is 62.3 Å². The summed E-state index contributed by atoms with van der Waals surface area (Å²) in [4.78, 5) is 11.7. The van der Waals surface area contributed by atoms with Crippen LogP contribution in [0.4, 0.5) is 5.82 Å². The van der Waals surface area contributed by atoms with Crippen molar-refractivity contribution in [1.82, 2.24) is 20.2 Å². The lowest BCUT2D eigenvalue weighted by Crippen LogP contribution is -2.45. The maximum absolute atomic E-state index is 5.42. The van der Waals surface area contributed by atoms with Crippen LogP contribution in [-0.2, 0) is 4.74 Å². The fourth-order valence-corrected chi connectivity index (χ4v) is 3.41. The zero-order chi connectivity index (χ0) is 16.1. The summed E-state index contributed by atoms with van der Waals surface area (Å²) in [5, 5.41) is 6.93. The third-order valence-electron chi connectivity index (χ3n) is 4.86. The van der Waals surface area contributed by atoms with E-state index in [1.54, 1.807) is 0 Å². The number of morpholine rings is 1. The van der Waals surface area contributed by atoms with Gasteiger partial charge in [-0.2, -0.15) is 0 Å². The third-order valence-corrected chi connectivity index (χ3v) is 4.86. The molecule has 23 heavy (non-hydrogen) atoms. The van der Waals surface area contributed by atoms with Gasteiger partial charge >= 0.3 is 0 Å². The lowest BCUT2D eigenvalue weighted by Gasteiger charge is -2.32. The summed E-state index contributed by atoms with van der Waals surface area (Å²) in [6.07, 6.45) is 2.33. The summed E-state index contributed by atoms with van der Waals surface area (Å²) >= 11 is 0. The molecular formula is C17H29N5O. The highest BCUT2D eigenvalue weighted by Gasteiger charge is 2.19. The summed E-state index contributed by atoms with van der Waals surface area (Å²) in [5.74, 6) is 2.39. The molecule has 1 atom stereocenters. The Hall–Kier alpha value is -1.24. The molecule has 2 aliphatic rings. The summed E-state index contributed by atoms with van der Waals surface area (Å²) in [6.45, 7) is 11.1. The van der Waals surface area contributed by atoms with E-state index in [0.29, 0.717) is 12.0 Å². The SMILES string of the molecule is Cc1nc(NC[C@H](C)N2CCOCC2)cc(C2CCNCC2)n1. The highest BCUT2D eigenvalue weighted by molar-refractivity contribution is 5.37. The molecule has 3 heterocycles. The van der Waals surface area contributed by atoms with Crippen LogP contribution in [0, 0.1) is 6.92 Å². The molecule has 0 aliphatic carbocycles. The molecule has 2 saturated heterocycles. The zero-order valence-corrected chi connectivity index (χ0v) is 14.3. The van der Waals surface area contributed by atoms with Gasteiger partial charge in [0, 0.05) is 43.4 Å². The second-order valence-electron chi connectivity index (χ2n) is 6.63. The van der Waals surface area contributed by atoms with E-state index >= 15 is 0 Å². The highest BCUT2D eigenvalue weighted by atomic mass is 16.5. The van der Waals surface area contributed by atoms with Gasteiger partial charge in [-0.1, -0.05) is 0 Å². The smallest absolute Gasteiger partial charge is 0.129 e. The van der Waals surface area contributed by atoms with Crippen LogP contribution in [0.1, 0.15) is 37.2 Å². The maximum Gasteiger partial charge on any atom is 0.129 e. The van der Waals surface area contributed by atoms with Crippen LogP contribution in [0.5, 0.6) is 0 Å². The first-order chi connectivity index (χ1) is 11.2. The predicted molar refractivity (Wildman–Crippen MR) is 92.0 cm³/mol. The van der Waals surface area contributed by atoms with Crippen LogP contribution in [0.2, 0.25) is 0 Å². The first kappa shape index (κ1) is 16.6. The van der Waals surface area contributed by atoms with Crippen molar-refractivity contribution in [2.45, 2.75) is 38.6 Å². The second-order valence-corrected chi connectivity index (χ2v) is 6.63. The Kier molecular flexibility index (Phi) is 5.80. The quantitative estimate of drug-likeness (QED) is 0.855. The van der Waals surface area contributed by atoms with Crippen molar-refractivity contribution >= 4 is 5.82 Å². The normalized spacial score (nSPS) is 22.0. The van der Waals surface area contributed by atoms with Gasteiger partial charge in [-0.3, -0.25) is 4.90 Å². The van der Waals surface area contributed by atoms with Crippen LogP contribution in [-0.4, -0.2) is 66.8 Å². The number of aryl methyl sites for hydroxylation is 1. The van der Waals surface area contributed by atoms with Crippen LogP contribution < -0.4 is 10.6 Å². The first-order valence-corrected chi connectivity index (χ1v) is 8.84. The monoisotopic (exact) mass is 319 g/mol. The minimum Gasteiger partial charge on any atom is -0.379 e. The fourth-order valence-electron chi connectivity index (χ4n) is 3.41. The summed E-state index contributed by atoms with van der Waals surface area (Å²) in [7, 11) is 0. The van der Waals surface area contributed by atoms with E-state index in [-0.39, 0.29) is 0 Å². The van der Waals surface area contributed by atoms with E-state index in [2.05, 4.69) is 38.5 Å². The Morgan fingerprint density at radius 3 is 2.78 bits per heavy atom. The molecule has 0 unspecified atom stereocenters. The number of nitrogens with one attached hydrogen (secondary N) is 2. The third kappa shape index (κ3) is 4.62. The van der Waals surface area contributed by atoms with E-state index in [1.807, 2.05) is 6.92 Å². The van der Waals surface area contributed by atoms with Crippen LogP contribution >= 0.6 is 0 Å². The first-order valence-electron chi connectivity index (χ1n) is 8.84. The zero-order valence-electron chi connectivity index (χ0n) is 14.3. The van der Waals surface area contributed by atoms with Gasteiger partial charge in [0.25, 0.3) is 0 Å². The lowest BCUT2D eigenvalue weighted by molar-refractivity contribution is 0.0227. The van der Waals surface area contributed by atoms with E-state index in [9.17, 15) is 0 Å². The van der Waals surface area contributed by atoms with Crippen LogP contribution in [0.3, 0.4) is 0 Å². The van der Waals surface area contributed by atoms with E-state index in [1.165, 1.54) is 18.5 Å². The molecule has 6 nitrogen and oxygen atoms in total. The van der Waals surface area contributed by atoms with Crippen molar-refractivity contribution in [1.29, 1.82) is 0 Å². The number of rotatable bonds is 5. The van der Waals surface area contributed by atoms with Gasteiger partial charge in [-0.25, -0.2) is 9.97 Å². The molecule has 1 aromatic heterocycles. The Morgan fingerprint density at radius 2 is 2.04 bits per heavy atom. The molecule has 2 fully saturated rings. The molecule has 2 aliphatic heterocycles. The van der Waals surface area contributed by atoms with Gasteiger partial charge in [0.1, 0.15) is 11.6 Å². The number of hydrogen-bond acceptors (Lipinski definition) is 6. The molecular weight excluding hydrogens is 290 g/mol. The van der Waals surface area contributed by atoms with Gasteiger partial charge in [0.2, 0.25) is 0 Å². The van der Waals surface area contributed by atoms with E-state index < -0.39 is 0 Å². The van der Waals surface area contributed by atoms with Crippen LogP contribution in [0.15, 0.2) is 6.07 Å². The molecule has 128 valence electrons. The number of piperidine rings is 1. The summed E-state index contributed by atoms with van der Waals surface area (Å²) < 4.78 is 5.42. The average molecular weight is 319 g/mol. The number of nitrogens with zero attached hydrogens (tertiary/aromatic N) is 3. The number of aromatic nitrogens is 2. The minimum atomic E-state index is 0.483. The van der Waals surface area contributed by atoms with Gasteiger partial charge in [0.05, 0.1) is 13.2 Å². The van der Waals surface area contributed by atoms with E-state index in [0.717, 1.165) is 57.6 Å². The average Bonchev–Trinajstić information content (AvgIpc) is 2.61.